The summed E-state index contributed by atoms with van der Waals surface area (Å²) in [6.45, 7) is 10.7. The molecule has 0 spiro atoms. The van der Waals surface area contributed by atoms with Gasteiger partial charge in [-0.3, -0.25) is 9.47 Å². The minimum Gasteiger partial charge on any atom is -0.455 e. The maximum atomic E-state index is 13.6. The zero-order valence-electron chi connectivity index (χ0n) is 18.0. The third-order valence-electron chi connectivity index (χ3n) is 5.51. The number of carbonyl (C=O) groups excluding carboxylic acids is 2. The molecule has 0 bridgehead atoms. The largest absolute Gasteiger partial charge is 0.455 e. The second kappa shape index (κ2) is 7.01. The van der Waals surface area contributed by atoms with Gasteiger partial charge in [0.05, 0.1) is 27.6 Å². The van der Waals surface area contributed by atoms with E-state index in [4.69, 9.17) is 16.3 Å². The van der Waals surface area contributed by atoms with E-state index in [-0.39, 0.29) is 11.7 Å². The third kappa shape index (κ3) is 3.25. The highest BCUT2D eigenvalue weighted by molar-refractivity contribution is 6.34. The minimum atomic E-state index is -0.875. The highest BCUT2D eigenvalue weighted by atomic mass is 35.5. The standard InChI is InChI=1S/C22H27ClN4O3/c1-21(2,3)30-19(28)16-18-22(4,5)27(20(29)25-11-6-7-12-25)17-14(23)9-8-10-15(17)26(18)13-24-16/h8-10,13H,6-7,11-12H2,1-5H3. The van der Waals surface area contributed by atoms with Crippen molar-refractivity contribution in [3.63, 3.8) is 0 Å². The summed E-state index contributed by atoms with van der Waals surface area (Å²) in [5.41, 5.74) is 0.631. The number of para-hydroxylation sites is 1. The van der Waals surface area contributed by atoms with Crippen LogP contribution in [0.15, 0.2) is 24.5 Å². The van der Waals surface area contributed by atoms with Gasteiger partial charge in [0, 0.05) is 13.1 Å². The van der Waals surface area contributed by atoms with Crippen molar-refractivity contribution in [3.8, 4) is 5.69 Å². The van der Waals surface area contributed by atoms with E-state index in [1.165, 1.54) is 0 Å². The number of halogens is 1. The lowest BCUT2D eigenvalue weighted by Gasteiger charge is -2.45. The summed E-state index contributed by atoms with van der Waals surface area (Å²) in [4.78, 5) is 34.5. The predicted octanol–water partition coefficient (Wildman–Crippen LogP) is 4.75. The molecule has 2 aliphatic rings. The number of aromatic nitrogens is 2. The molecule has 0 radical (unpaired) electrons. The summed E-state index contributed by atoms with van der Waals surface area (Å²) in [5, 5.41) is 0.478. The summed E-state index contributed by atoms with van der Waals surface area (Å²) >= 11 is 6.60. The van der Waals surface area contributed by atoms with E-state index in [1.807, 2.05) is 56.2 Å². The molecule has 8 heteroatoms. The molecule has 160 valence electrons. The van der Waals surface area contributed by atoms with Gasteiger partial charge in [0.1, 0.15) is 11.9 Å². The smallest absolute Gasteiger partial charge is 0.359 e. The molecule has 2 aromatic rings. The number of likely N-dealkylation sites (tertiary alicyclic amines) is 1. The van der Waals surface area contributed by atoms with Gasteiger partial charge < -0.3 is 9.64 Å². The molecule has 30 heavy (non-hydrogen) atoms. The topological polar surface area (TPSA) is 67.7 Å². The van der Waals surface area contributed by atoms with Gasteiger partial charge in [-0.25, -0.2) is 14.6 Å². The maximum absolute atomic E-state index is 13.6. The van der Waals surface area contributed by atoms with Crippen molar-refractivity contribution < 1.29 is 14.3 Å². The fourth-order valence-corrected chi connectivity index (χ4v) is 4.54. The quantitative estimate of drug-likeness (QED) is 0.612. The zero-order chi connectivity index (χ0) is 21.8. The third-order valence-corrected chi connectivity index (χ3v) is 5.82. The van der Waals surface area contributed by atoms with E-state index >= 15 is 0 Å². The summed E-state index contributed by atoms with van der Waals surface area (Å²) in [6, 6.07) is 5.37. The fourth-order valence-electron chi connectivity index (χ4n) is 4.28. The summed E-state index contributed by atoms with van der Waals surface area (Å²) in [7, 11) is 0. The normalized spacial score (nSPS) is 17.5. The second-order valence-corrected chi connectivity index (χ2v) is 9.70. The summed E-state index contributed by atoms with van der Waals surface area (Å²) < 4.78 is 7.44. The van der Waals surface area contributed by atoms with Crippen LogP contribution < -0.4 is 4.90 Å². The van der Waals surface area contributed by atoms with Crippen molar-refractivity contribution in [2.24, 2.45) is 0 Å². The first-order valence-corrected chi connectivity index (χ1v) is 10.6. The van der Waals surface area contributed by atoms with Crippen molar-refractivity contribution in [1.29, 1.82) is 0 Å². The Bertz CT molecular complexity index is 1020. The molecule has 0 atom stereocenters. The van der Waals surface area contributed by atoms with Crippen LogP contribution in [0.5, 0.6) is 0 Å². The van der Waals surface area contributed by atoms with Crippen LogP contribution in [-0.2, 0) is 10.3 Å². The molecule has 0 saturated carbocycles. The Balaban J connectivity index is 1.91. The van der Waals surface area contributed by atoms with E-state index in [9.17, 15) is 9.59 Å². The van der Waals surface area contributed by atoms with Gasteiger partial charge in [-0.2, -0.15) is 0 Å². The van der Waals surface area contributed by atoms with Crippen LogP contribution in [0.2, 0.25) is 5.02 Å². The fraction of sp³-hybridized carbons (Fsp3) is 0.500. The van der Waals surface area contributed by atoms with E-state index < -0.39 is 17.1 Å². The molecule has 4 rings (SSSR count). The molecular formula is C22H27ClN4O3. The molecule has 0 aliphatic carbocycles. The van der Waals surface area contributed by atoms with Crippen LogP contribution in [0.1, 0.15) is 63.6 Å². The molecule has 0 unspecified atom stereocenters. The van der Waals surface area contributed by atoms with E-state index in [1.54, 1.807) is 17.3 Å². The number of carbonyl (C=O) groups is 2. The Morgan fingerprint density at radius 1 is 1.17 bits per heavy atom. The minimum absolute atomic E-state index is 0.116. The lowest BCUT2D eigenvalue weighted by atomic mass is 9.91. The van der Waals surface area contributed by atoms with Crippen LogP contribution in [0.25, 0.3) is 5.69 Å². The average molecular weight is 431 g/mol. The van der Waals surface area contributed by atoms with Crippen molar-refractivity contribution in [1.82, 2.24) is 14.5 Å². The van der Waals surface area contributed by atoms with Gasteiger partial charge >= 0.3 is 12.0 Å². The molecule has 2 amide bonds. The number of nitrogens with zero attached hydrogens (tertiary/aromatic N) is 4. The Morgan fingerprint density at radius 3 is 2.47 bits per heavy atom. The number of urea groups is 1. The SMILES string of the molecule is CC(C)(C)OC(=O)c1ncn2c1C(C)(C)N(C(=O)N1CCCC1)c1c(Cl)cccc1-2. The number of ether oxygens (including phenoxy) is 1. The number of imidazole rings is 1. The summed E-state index contributed by atoms with van der Waals surface area (Å²) in [6.07, 6.45) is 3.57. The van der Waals surface area contributed by atoms with E-state index in [2.05, 4.69) is 4.98 Å². The monoisotopic (exact) mass is 430 g/mol. The van der Waals surface area contributed by atoms with Crippen LogP contribution in [0.4, 0.5) is 10.5 Å². The highest BCUT2D eigenvalue weighted by Crippen LogP contribution is 2.47. The number of anilines is 1. The van der Waals surface area contributed by atoms with Gasteiger partial charge in [-0.1, -0.05) is 17.7 Å². The molecule has 1 fully saturated rings. The predicted molar refractivity (Wildman–Crippen MR) is 115 cm³/mol. The summed E-state index contributed by atoms with van der Waals surface area (Å²) in [5.74, 6) is -0.511. The first-order chi connectivity index (χ1) is 14.0. The van der Waals surface area contributed by atoms with Crippen molar-refractivity contribution >= 4 is 29.3 Å². The van der Waals surface area contributed by atoms with Crippen LogP contribution in [0, 0.1) is 0 Å². The number of fused-ring (bicyclic) bond motifs is 3. The first-order valence-electron chi connectivity index (χ1n) is 10.2. The number of hydrogen-bond donors (Lipinski definition) is 0. The van der Waals surface area contributed by atoms with Gasteiger partial charge in [0.15, 0.2) is 5.69 Å². The average Bonchev–Trinajstić information content (AvgIpc) is 3.31. The van der Waals surface area contributed by atoms with Crippen LogP contribution in [0.3, 0.4) is 0 Å². The number of benzene rings is 1. The Labute approximate surface area is 181 Å². The van der Waals surface area contributed by atoms with Crippen LogP contribution >= 0.6 is 11.6 Å². The van der Waals surface area contributed by atoms with Gasteiger partial charge in [-0.05, 0) is 59.6 Å². The lowest BCUT2D eigenvalue weighted by Crippen LogP contribution is -2.54. The number of rotatable bonds is 1. The zero-order valence-corrected chi connectivity index (χ0v) is 18.8. The van der Waals surface area contributed by atoms with Gasteiger partial charge in [0.25, 0.3) is 0 Å². The lowest BCUT2D eigenvalue weighted by molar-refractivity contribution is 0.00601. The molecule has 2 aliphatic heterocycles. The number of hydrogen-bond acceptors (Lipinski definition) is 4. The molecule has 1 saturated heterocycles. The molecule has 1 aromatic heterocycles. The Kier molecular flexibility index (Phi) is 4.84. The number of amides is 2. The molecular weight excluding hydrogens is 404 g/mol. The van der Waals surface area contributed by atoms with Crippen molar-refractivity contribution in [2.75, 3.05) is 18.0 Å². The van der Waals surface area contributed by atoms with E-state index in [0.29, 0.717) is 35.2 Å². The van der Waals surface area contributed by atoms with Crippen molar-refractivity contribution in [2.45, 2.75) is 58.6 Å². The van der Waals surface area contributed by atoms with Crippen LogP contribution in [-0.4, -0.2) is 45.1 Å². The highest BCUT2D eigenvalue weighted by Gasteiger charge is 2.47. The van der Waals surface area contributed by atoms with Gasteiger partial charge in [-0.15, -0.1) is 0 Å². The Morgan fingerprint density at radius 2 is 1.83 bits per heavy atom. The van der Waals surface area contributed by atoms with E-state index in [0.717, 1.165) is 12.8 Å². The van der Waals surface area contributed by atoms with Crippen molar-refractivity contribution in [3.05, 3.63) is 40.9 Å². The molecule has 3 heterocycles. The molecule has 7 nitrogen and oxygen atoms in total. The second-order valence-electron chi connectivity index (χ2n) is 9.29. The maximum Gasteiger partial charge on any atom is 0.359 e. The molecule has 1 aromatic carbocycles. The molecule has 0 N–H and O–H groups in total. The first kappa shape index (κ1) is 20.7. The van der Waals surface area contributed by atoms with Gasteiger partial charge in [0.2, 0.25) is 0 Å². The number of esters is 1. The Hall–Kier alpha value is -2.54.